The van der Waals surface area contributed by atoms with E-state index in [9.17, 15) is 0 Å². The first kappa shape index (κ1) is 21.8. The van der Waals surface area contributed by atoms with Crippen molar-refractivity contribution in [3.05, 3.63) is 133 Å². The molecule has 0 atom stereocenters. The highest BCUT2D eigenvalue weighted by atomic mass is 32.1. The summed E-state index contributed by atoms with van der Waals surface area (Å²) in [5.74, 6) is 0. The van der Waals surface area contributed by atoms with Crippen molar-refractivity contribution in [3.63, 3.8) is 0 Å². The van der Waals surface area contributed by atoms with Crippen LogP contribution in [0.1, 0.15) is 0 Å². The molecule has 0 saturated heterocycles. The number of hydrogen-bond acceptors (Lipinski definition) is 1. The summed E-state index contributed by atoms with van der Waals surface area (Å²) in [5.41, 5.74) is 5.21. The Balaban J connectivity index is 1.27. The summed E-state index contributed by atoms with van der Waals surface area (Å²) in [6.45, 7) is 0. The van der Waals surface area contributed by atoms with Crippen LogP contribution in [0.5, 0.6) is 0 Å². The molecule has 0 nitrogen and oxygen atoms in total. The van der Waals surface area contributed by atoms with Gasteiger partial charge in [0.25, 0.3) is 0 Å². The van der Waals surface area contributed by atoms with Crippen molar-refractivity contribution in [3.8, 4) is 22.3 Å². The number of benzene rings is 9. The fourth-order valence-electron chi connectivity index (χ4n) is 7.39. The number of fused-ring (bicyclic) bond motifs is 1. The first-order valence-electron chi connectivity index (χ1n) is 14.2. The van der Waals surface area contributed by atoms with E-state index in [1.54, 1.807) is 0 Å². The maximum Gasteiger partial charge on any atom is 0.0440 e. The van der Waals surface area contributed by atoms with Gasteiger partial charge >= 0.3 is 0 Å². The quantitative estimate of drug-likeness (QED) is 0.193. The van der Waals surface area contributed by atoms with Crippen LogP contribution in [-0.4, -0.2) is 0 Å². The van der Waals surface area contributed by atoms with E-state index in [-0.39, 0.29) is 0 Å². The zero-order chi connectivity index (χ0) is 26.7. The Morgan fingerprint density at radius 2 is 0.780 bits per heavy atom. The van der Waals surface area contributed by atoms with Gasteiger partial charge in [0.2, 0.25) is 0 Å². The largest absolute Gasteiger partial charge is 0.134 e. The molecule has 10 aromatic rings. The molecule has 0 radical (unpaired) electrons. The van der Waals surface area contributed by atoms with Crippen LogP contribution in [0.3, 0.4) is 0 Å². The lowest BCUT2D eigenvalue weighted by atomic mass is 9.87. The molecule has 0 aliphatic rings. The average molecular weight is 535 g/mol. The van der Waals surface area contributed by atoms with Crippen molar-refractivity contribution in [2.45, 2.75) is 0 Å². The zero-order valence-corrected chi connectivity index (χ0v) is 22.9. The molecule has 0 spiro atoms. The van der Waals surface area contributed by atoms with Crippen molar-refractivity contribution >= 4 is 85.4 Å². The van der Waals surface area contributed by atoms with Gasteiger partial charge in [-0.15, -0.1) is 11.3 Å². The molecule has 0 amide bonds. The lowest BCUT2D eigenvalue weighted by Crippen LogP contribution is -1.89. The van der Waals surface area contributed by atoms with Crippen molar-refractivity contribution in [2.75, 3.05) is 0 Å². The molecular weight excluding hydrogens is 513 g/mol. The Morgan fingerprint density at radius 3 is 1.51 bits per heavy atom. The van der Waals surface area contributed by atoms with Crippen molar-refractivity contribution in [1.82, 2.24) is 0 Å². The number of hydrogen-bond donors (Lipinski definition) is 0. The molecule has 0 aliphatic heterocycles. The Labute approximate surface area is 240 Å². The van der Waals surface area contributed by atoms with E-state index in [1.807, 2.05) is 11.3 Å². The lowest BCUT2D eigenvalue weighted by Gasteiger charge is -2.16. The van der Waals surface area contributed by atoms with Crippen LogP contribution < -0.4 is 0 Å². The standard InChI is InChI=1S/C40H22S/c1-5-23-13-15-26-17-20-32(33-21-18-24(6-1)36(23)37(26)33)30-10-3-9-29-28(30)8-4-11-31(29)34-22-19-27-16-14-25-7-2-12-35-38(25)39(27)40(34)41-35/h1-22H. The van der Waals surface area contributed by atoms with E-state index >= 15 is 0 Å². The molecule has 188 valence electrons. The van der Waals surface area contributed by atoms with Gasteiger partial charge in [0.1, 0.15) is 0 Å². The predicted molar refractivity (Wildman–Crippen MR) is 180 cm³/mol. The third kappa shape index (κ3) is 2.84. The summed E-state index contributed by atoms with van der Waals surface area (Å²) in [7, 11) is 0. The molecular formula is C40H22S. The van der Waals surface area contributed by atoms with Gasteiger partial charge in [0.15, 0.2) is 0 Å². The van der Waals surface area contributed by atoms with Crippen molar-refractivity contribution in [1.29, 1.82) is 0 Å². The molecule has 0 fully saturated rings. The maximum atomic E-state index is 2.33. The fourth-order valence-corrected chi connectivity index (χ4v) is 8.69. The Morgan fingerprint density at radius 1 is 0.293 bits per heavy atom. The Hall–Kier alpha value is -4.98. The highest BCUT2D eigenvalue weighted by Crippen LogP contribution is 2.47. The third-order valence-corrected chi connectivity index (χ3v) is 10.4. The Kier molecular flexibility index (Phi) is 4.15. The molecule has 0 bridgehead atoms. The van der Waals surface area contributed by atoms with Crippen LogP contribution in [0.15, 0.2) is 133 Å². The normalized spacial score (nSPS) is 12.4. The second-order valence-electron chi connectivity index (χ2n) is 11.2. The second-order valence-corrected chi connectivity index (χ2v) is 12.3. The predicted octanol–water partition coefficient (Wildman–Crippen LogP) is 12.0. The van der Waals surface area contributed by atoms with Gasteiger partial charge in [-0.1, -0.05) is 127 Å². The highest BCUT2D eigenvalue weighted by molar-refractivity contribution is 7.26. The van der Waals surface area contributed by atoms with Gasteiger partial charge < -0.3 is 0 Å². The minimum Gasteiger partial charge on any atom is -0.134 e. The SMILES string of the molecule is c1cc2ccc3ccc(-c4cccc5c(-c6ccc7ccc8cccc9sc6c7c89)cccc45)c4ccc(c1)c2c34. The first-order valence-corrected chi connectivity index (χ1v) is 15.0. The molecule has 41 heavy (non-hydrogen) atoms. The van der Waals surface area contributed by atoms with Crippen LogP contribution >= 0.6 is 11.3 Å². The second kappa shape index (κ2) is 7.81. The minimum absolute atomic E-state index is 1.29. The first-order chi connectivity index (χ1) is 20.3. The number of rotatable bonds is 2. The van der Waals surface area contributed by atoms with E-state index < -0.39 is 0 Å². The lowest BCUT2D eigenvalue weighted by molar-refractivity contribution is 1.69. The molecule has 0 N–H and O–H groups in total. The third-order valence-electron chi connectivity index (χ3n) is 9.18. The van der Waals surface area contributed by atoms with Gasteiger partial charge in [0.05, 0.1) is 0 Å². The summed E-state index contributed by atoms with van der Waals surface area (Å²) >= 11 is 1.93. The monoisotopic (exact) mass is 534 g/mol. The van der Waals surface area contributed by atoms with Gasteiger partial charge in [-0.3, -0.25) is 0 Å². The molecule has 1 heteroatoms. The van der Waals surface area contributed by atoms with E-state index in [0.717, 1.165) is 0 Å². The van der Waals surface area contributed by atoms with Gasteiger partial charge in [-0.05, 0) is 76.6 Å². The maximum absolute atomic E-state index is 2.33. The van der Waals surface area contributed by atoms with Crippen LogP contribution in [0.4, 0.5) is 0 Å². The summed E-state index contributed by atoms with van der Waals surface area (Å²) < 4.78 is 2.75. The van der Waals surface area contributed by atoms with E-state index in [1.165, 1.54) is 96.3 Å². The Bertz CT molecular complexity index is 2620. The van der Waals surface area contributed by atoms with E-state index in [2.05, 4.69) is 133 Å². The summed E-state index contributed by atoms with van der Waals surface area (Å²) in [6, 6.07) is 49.9. The fraction of sp³-hybridized carbons (Fsp3) is 0. The van der Waals surface area contributed by atoms with Crippen molar-refractivity contribution in [2.24, 2.45) is 0 Å². The molecule has 9 aromatic carbocycles. The molecule has 0 saturated carbocycles. The molecule has 1 aromatic heterocycles. The van der Waals surface area contributed by atoms with Crippen LogP contribution in [0.2, 0.25) is 0 Å². The van der Waals surface area contributed by atoms with E-state index in [4.69, 9.17) is 0 Å². The molecule has 0 unspecified atom stereocenters. The molecule has 10 rings (SSSR count). The van der Waals surface area contributed by atoms with E-state index in [0.29, 0.717) is 0 Å². The highest BCUT2D eigenvalue weighted by Gasteiger charge is 2.18. The smallest absolute Gasteiger partial charge is 0.0440 e. The molecule has 1 heterocycles. The topological polar surface area (TPSA) is 0 Å². The number of thiophene rings is 1. The summed E-state index contributed by atoms with van der Waals surface area (Å²) in [5, 5.41) is 16.0. The van der Waals surface area contributed by atoms with Gasteiger partial charge in [-0.25, -0.2) is 0 Å². The van der Waals surface area contributed by atoms with Crippen molar-refractivity contribution < 1.29 is 0 Å². The zero-order valence-electron chi connectivity index (χ0n) is 22.1. The average Bonchev–Trinajstić information content (AvgIpc) is 3.43. The van der Waals surface area contributed by atoms with Gasteiger partial charge in [-0.2, -0.15) is 0 Å². The van der Waals surface area contributed by atoms with Crippen LogP contribution in [0.25, 0.3) is 96.3 Å². The van der Waals surface area contributed by atoms with Crippen LogP contribution in [-0.2, 0) is 0 Å². The molecule has 0 aliphatic carbocycles. The van der Waals surface area contributed by atoms with Gasteiger partial charge in [0, 0.05) is 25.7 Å². The summed E-state index contributed by atoms with van der Waals surface area (Å²) in [4.78, 5) is 0. The van der Waals surface area contributed by atoms with Crippen LogP contribution in [0, 0.1) is 0 Å². The summed E-state index contributed by atoms with van der Waals surface area (Å²) in [6.07, 6.45) is 0. The minimum atomic E-state index is 1.29.